The van der Waals surface area contributed by atoms with Gasteiger partial charge in [-0.3, -0.25) is 19.5 Å². The highest BCUT2D eigenvalue weighted by Gasteiger charge is 2.54. The van der Waals surface area contributed by atoms with Crippen molar-refractivity contribution < 1.29 is 24.3 Å². The van der Waals surface area contributed by atoms with Crippen LogP contribution in [0.25, 0.3) is 0 Å². The number of nitrogens with two attached hydrogens (primary N) is 1. The second kappa shape index (κ2) is 12.5. The Hall–Kier alpha value is -4.24. The van der Waals surface area contributed by atoms with E-state index in [1.54, 1.807) is 10.4 Å². The van der Waals surface area contributed by atoms with Gasteiger partial charge in [-0.25, -0.2) is 9.78 Å². The summed E-state index contributed by atoms with van der Waals surface area (Å²) in [5, 5.41) is 23.5. The van der Waals surface area contributed by atoms with Gasteiger partial charge in [0.15, 0.2) is 10.8 Å². The molecule has 1 unspecified atom stereocenters. The van der Waals surface area contributed by atoms with Crippen LogP contribution in [0.2, 0.25) is 0 Å². The number of carboxylic acid groups (broad SMARTS) is 1. The molecule has 3 aliphatic rings. The molecule has 2 amide bonds. The van der Waals surface area contributed by atoms with E-state index in [2.05, 4.69) is 32.0 Å². The first-order valence-electron chi connectivity index (χ1n) is 12.0. The Morgan fingerprint density at radius 3 is 2.88 bits per heavy atom. The molecular weight excluding hydrogens is 591 g/mol. The molecule has 3 aliphatic heterocycles. The van der Waals surface area contributed by atoms with Gasteiger partial charge in [-0.15, -0.1) is 44.7 Å². The van der Waals surface area contributed by atoms with Gasteiger partial charge >= 0.3 is 5.97 Å². The molecule has 14 nitrogen and oxygen atoms in total. The summed E-state index contributed by atoms with van der Waals surface area (Å²) in [6, 6.07) is 8.30. The number of oxime groups is 1. The molecule has 1 saturated heterocycles. The molecule has 0 radical (unpaired) electrons. The Labute approximate surface area is 246 Å². The second-order valence-corrected chi connectivity index (χ2v) is 11.5. The number of nitrogens with zero attached hydrogens (tertiary/aromatic N) is 6. The fraction of sp³-hybridized carbons (Fsp3) is 0.250. The quantitative estimate of drug-likeness (QED) is 0.0916. The van der Waals surface area contributed by atoms with Gasteiger partial charge in [0.1, 0.15) is 35.8 Å². The molecule has 5 N–H and O–H groups in total. The fourth-order valence-electron chi connectivity index (χ4n) is 4.00. The van der Waals surface area contributed by atoms with Crippen molar-refractivity contribution in [1.29, 1.82) is 0 Å². The van der Waals surface area contributed by atoms with Crippen LogP contribution in [-0.2, 0) is 25.8 Å². The van der Waals surface area contributed by atoms with Crippen LogP contribution in [-0.4, -0.2) is 83.8 Å². The van der Waals surface area contributed by atoms with Crippen molar-refractivity contribution in [2.45, 2.75) is 18.0 Å². The molecular formula is C24H23N9O5S3. The summed E-state index contributed by atoms with van der Waals surface area (Å²) in [6.07, 6.45) is 6.81. The van der Waals surface area contributed by atoms with Gasteiger partial charge in [0.25, 0.3) is 11.8 Å². The molecule has 0 aliphatic carbocycles. The van der Waals surface area contributed by atoms with Crippen LogP contribution in [0.4, 0.5) is 5.13 Å². The minimum atomic E-state index is -1.23. The van der Waals surface area contributed by atoms with Gasteiger partial charge in [-0.05, 0) is 23.1 Å². The Bertz CT molecular complexity index is 1470. The molecule has 212 valence electrons. The van der Waals surface area contributed by atoms with E-state index >= 15 is 0 Å². The van der Waals surface area contributed by atoms with Crippen LogP contribution >= 0.6 is 35.0 Å². The molecule has 17 heteroatoms. The van der Waals surface area contributed by atoms with E-state index < -0.39 is 29.2 Å². The van der Waals surface area contributed by atoms with Gasteiger partial charge in [0.2, 0.25) is 0 Å². The number of anilines is 1. The number of hydrazine groups is 2. The Kier molecular flexibility index (Phi) is 8.64. The number of aromatic nitrogens is 1. The van der Waals surface area contributed by atoms with Crippen molar-refractivity contribution in [2.24, 2.45) is 10.3 Å². The number of carbonyl (C=O) groups is 3. The van der Waals surface area contributed by atoms with E-state index in [4.69, 9.17) is 17.0 Å². The lowest BCUT2D eigenvalue weighted by Crippen LogP contribution is -2.71. The smallest absolute Gasteiger partial charge is 0.352 e. The highest BCUT2D eigenvalue weighted by Crippen LogP contribution is 2.41. The molecule has 2 aromatic rings. The first-order chi connectivity index (χ1) is 19.9. The predicted molar refractivity (Wildman–Crippen MR) is 155 cm³/mol. The third-order valence-corrected chi connectivity index (χ3v) is 8.79. The molecule has 5 rings (SSSR count). The maximum atomic E-state index is 13.3. The van der Waals surface area contributed by atoms with E-state index in [1.807, 2.05) is 30.3 Å². The second-order valence-electron chi connectivity index (χ2n) is 8.60. The number of carboxylic acids is 1. The number of carbonyl (C=O) groups excluding carboxylic acids is 2. The maximum absolute atomic E-state index is 13.3. The number of aliphatic carboxylic acids is 1. The summed E-state index contributed by atoms with van der Waals surface area (Å²) >= 11 is 3.69. The van der Waals surface area contributed by atoms with Crippen molar-refractivity contribution in [1.82, 2.24) is 30.3 Å². The van der Waals surface area contributed by atoms with Crippen LogP contribution in [0.1, 0.15) is 11.3 Å². The normalized spacial score (nSPS) is 20.0. The summed E-state index contributed by atoms with van der Waals surface area (Å²) in [5.74, 6) is 0.608. The lowest BCUT2D eigenvalue weighted by atomic mass is 10.0. The first-order valence-corrected chi connectivity index (χ1v) is 14.8. The summed E-state index contributed by atoms with van der Waals surface area (Å²) in [6.45, 7) is 0.414. The number of thiazole rings is 1. The lowest BCUT2D eigenvalue weighted by molar-refractivity contribution is -0.150. The van der Waals surface area contributed by atoms with Gasteiger partial charge < -0.3 is 21.0 Å². The zero-order chi connectivity index (χ0) is 28.9. The number of rotatable bonds is 11. The van der Waals surface area contributed by atoms with Crippen LogP contribution in [0, 0.1) is 12.3 Å². The number of nitrogen functional groups attached to an aromatic ring is 1. The standard InChI is InChI=1S/C24H23N9O5S3/c1-2-8-31-13-26-33(30-31)41-11-15-10-39-22-18(21(35)32(22)19(15)23(36)37)28-20(34)17(16-12-40-24(25)27-16)29-38-9-14-6-4-3-5-7-14/h1,3-7,12-13,18,22,30H,8-11H2,(H2,25,27)(H,28,34)(H,36,37)/t18?,22-/m0/s1. The van der Waals surface area contributed by atoms with Crippen molar-refractivity contribution in [3.8, 4) is 12.3 Å². The van der Waals surface area contributed by atoms with Gasteiger partial charge in [-0.2, -0.15) is 0 Å². The maximum Gasteiger partial charge on any atom is 0.352 e. The minimum Gasteiger partial charge on any atom is -0.477 e. The monoisotopic (exact) mass is 613 g/mol. The molecule has 0 saturated carbocycles. The van der Waals surface area contributed by atoms with Crippen molar-refractivity contribution in [3.05, 3.63) is 58.2 Å². The van der Waals surface area contributed by atoms with Gasteiger partial charge in [-0.1, -0.05) is 41.4 Å². The zero-order valence-electron chi connectivity index (χ0n) is 21.2. The molecule has 4 heterocycles. The Morgan fingerprint density at radius 1 is 1.37 bits per heavy atom. The average molecular weight is 614 g/mol. The van der Waals surface area contributed by atoms with Crippen LogP contribution in [0.15, 0.2) is 57.2 Å². The molecule has 2 atom stereocenters. The van der Waals surface area contributed by atoms with Crippen molar-refractivity contribution >= 4 is 70.0 Å². The number of fused-ring (bicyclic) bond motifs is 1. The van der Waals surface area contributed by atoms with Crippen molar-refractivity contribution in [2.75, 3.05) is 23.8 Å². The van der Waals surface area contributed by atoms with Crippen molar-refractivity contribution in [3.63, 3.8) is 0 Å². The van der Waals surface area contributed by atoms with E-state index in [1.165, 1.54) is 39.5 Å². The average Bonchev–Trinajstić information content (AvgIpc) is 3.61. The fourth-order valence-corrected chi connectivity index (χ4v) is 6.81. The summed E-state index contributed by atoms with van der Waals surface area (Å²) in [5.41, 5.74) is 10.0. The minimum absolute atomic E-state index is 0.104. The number of terminal acetylenes is 1. The Balaban J connectivity index is 1.26. The Morgan fingerprint density at radius 2 is 2.17 bits per heavy atom. The van der Waals surface area contributed by atoms with Crippen LogP contribution < -0.4 is 16.6 Å². The summed E-state index contributed by atoms with van der Waals surface area (Å²) in [4.78, 5) is 49.4. The highest BCUT2D eigenvalue weighted by molar-refractivity contribution is 8.00. The number of benzene rings is 1. The SMILES string of the molecule is C#CCN1C=NN(SCC2=C(C(=O)O)N3C(=O)C(NC(=O)C(=NOCc4ccccc4)c4csc(N)n4)[C@@H]3SC2)N1. The third kappa shape index (κ3) is 6.25. The number of hydrogen-bond acceptors (Lipinski definition) is 14. The molecule has 1 aromatic carbocycles. The molecule has 1 fully saturated rings. The number of hydrogen-bond donors (Lipinski definition) is 4. The highest BCUT2D eigenvalue weighted by atomic mass is 32.2. The van der Waals surface area contributed by atoms with E-state index in [-0.39, 0.29) is 34.6 Å². The van der Waals surface area contributed by atoms with Crippen LogP contribution in [0.3, 0.4) is 0 Å². The lowest BCUT2D eigenvalue weighted by Gasteiger charge is -2.49. The summed E-state index contributed by atoms with van der Waals surface area (Å²) in [7, 11) is 0. The summed E-state index contributed by atoms with van der Waals surface area (Å²) < 4.78 is 1.45. The van der Waals surface area contributed by atoms with E-state index in [0.29, 0.717) is 17.9 Å². The largest absolute Gasteiger partial charge is 0.477 e. The number of amides is 2. The zero-order valence-corrected chi connectivity index (χ0v) is 23.6. The van der Waals surface area contributed by atoms with E-state index in [0.717, 1.165) is 16.9 Å². The number of thioether (sulfide) groups is 1. The molecule has 0 spiro atoms. The number of nitrogens with one attached hydrogen (secondary N) is 2. The molecule has 0 bridgehead atoms. The molecule has 41 heavy (non-hydrogen) atoms. The van der Waals surface area contributed by atoms with Crippen LogP contribution in [0.5, 0.6) is 0 Å². The third-order valence-electron chi connectivity index (χ3n) is 5.88. The first kappa shape index (κ1) is 28.3. The predicted octanol–water partition coefficient (Wildman–Crippen LogP) is 0.647. The number of hydrazone groups is 1. The topological polar surface area (TPSA) is 178 Å². The van der Waals surface area contributed by atoms with Gasteiger partial charge in [0.05, 0.1) is 6.54 Å². The molecule has 1 aromatic heterocycles. The number of β-lactam (4-membered cyclic amide) rings is 1. The van der Waals surface area contributed by atoms with Gasteiger partial charge in [0, 0.05) is 16.9 Å². The van der Waals surface area contributed by atoms with E-state index in [9.17, 15) is 19.5 Å².